The standard InChI is InChI=1S/C42H74O14/c1-3-5-7-9-10-11-12-13-14-15-16-17-18-19-20-21-22-24-26-51-28-31(54-34(44)25-23-8-6-4-2)29-52-41-40(50)38(48)36(46)33(56-41)30-53-42-39(49)37(47)35(45)32(27-43)55-42/h5,7,10-11,13-14,31-33,35-43,45-50H,3-4,6,8-9,12,15-30H2,1-2H3/b7-5-,11-10-,14-13-. The second kappa shape index (κ2) is 31.2. The third kappa shape index (κ3) is 20.3. The highest BCUT2D eigenvalue weighted by Crippen LogP contribution is 2.26. The van der Waals surface area contributed by atoms with Crippen molar-refractivity contribution in [2.45, 2.75) is 191 Å². The molecule has 0 radical (unpaired) electrons. The van der Waals surface area contributed by atoms with Crippen LogP contribution in [0.1, 0.15) is 123 Å². The first-order chi connectivity index (χ1) is 27.1. The van der Waals surface area contributed by atoms with Crippen LogP contribution in [0.5, 0.6) is 0 Å². The largest absolute Gasteiger partial charge is 0.457 e. The zero-order valence-electron chi connectivity index (χ0n) is 33.9. The predicted molar refractivity (Wildman–Crippen MR) is 210 cm³/mol. The Bertz CT molecular complexity index is 1070. The molecule has 2 fully saturated rings. The molecular formula is C42H74O14. The molecule has 2 aliphatic heterocycles. The molecule has 14 nitrogen and oxygen atoms in total. The summed E-state index contributed by atoms with van der Waals surface area (Å²) < 4.78 is 33.8. The molecule has 2 heterocycles. The zero-order valence-corrected chi connectivity index (χ0v) is 33.9. The molecule has 0 aromatic rings. The van der Waals surface area contributed by atoms with Gasteiger partial charge in [0, 0.05) is 13.0 Å². The number of allylic oxidation sites excluding steroid dienone is 6. The van der Waals surface area contributed by atoms with E-state index in [0.29, 0.717) is 13.0 Å². The van der Waals surface area contributed by atoms with Crippen molar-refractivity contribution >= 4 is 5.97 Å². The molecule has 326 valence electrons. The molecular weight excluding hydrogens is 728 g/mol. The Morgan fingerprint density at radius 2 is 1.16 bits per heavy atom. The molecule has 0 spiro atoms. The van der Waals surface area contributed by atoms with Crippen LogP contribution < -0.4 is 0 Å². The molecule has 2 aliphatic rings. The minimum atomic E-state index is -1.70. The Morgan fingerprint density at radius 1 is 0.607 bits per heavy atom. The molecule has 0 saturated carbocycles. The Morgan fingerprint density at radius 3 is 1.80 bits per heavy atom. The van der Waals surface area contributed by atoms with E-state index < -0.39 is 86.7 Å². The van der Waals surface area contributed by atoms with Gasteiger partial charge in [-0.2, -0.15) is 0 Å². The summed E-state index contributed by atoms with van der Waals surface area (Å²) in [5.41, 5.74) is 0. The number of carbonyl (C=O) groups excluding carboxylic acids is 1. The minimum Gasteiger partial charge on any atom is -0.457 e. The Labute approximate surface area is 334 Å². The van der Waals surface area contributed by atoms with E-state index in [4.69, 9.17) is 28.4 Å². The summed E-state index contributed by atoms with van der Waals surface area (Å²) in [5, 5.41) is 71.5. The average molecular weight is 803 g/mol. The van der Waals surface area contributed by atoms with E-state index in [2.05, 4.69) is 50.3 Å². The summed E-state index contributed by atoms with van der Waals surface area (Å²) >= 11 is 0. The maximum Gasteiger partial charge on any atom is 0.306 e. The fraction of sp³-hybridized carbons (Fsp3) is 0.833. The number of aliphatic hydroxyl groups is 7. The molecule has 0 aromatic heterocycles. The van der Waals surface area contributed by atoms with Crippen molar-refractivity contribution in [3.8, 4) is 0 Å². The number of hydrogen-bond acceptors (Lipinski definition) is 14. The lowest BCUT2D eigenvalue weighted by Crippen LogP contribution is -2.61. The van der Waals surface area contributed by atoms with Gasteiger partial charge >= 0.3 is 5.97 Å². The van der Waals surface area contributed by atoms with Gasteiger partial charge in [-0.25, -0.2) is 0 Å². The van der Waals surface area contributed by atoms with Crippen molar-refractivity contribution in [3.63, 3.8) is 0 Å². The topological polar surface area (TPSA) is 214 Å². The van der Waals surface area contributed by atoms with Gasteiger partial charge in [0.2, 0.25) is 0 Å². The van der Waals surface area contributed by atoms with E-state index in [-0.39, 0.29) is 19.6 Å². The van der Waals surface area contributed by atoms with Gasteiger partial charge in [-0.15, -0.1) is 0 Å². The fourth-order valence-corrected chi connectivity index (χ4v) is 6.41. The molecule has 11 atom stereocenters. The second-order valence-corrected chi connectivity index (χ2v) is 14.8. The Kier molecular flexibility index (Phi) is 28.0. The Balaban J connectivity index is 1.73. The first-order valence-corrected chi connectivity index (χ1v) is 21.1. The van der Waals surface area contributed by atoms with E-state index >= 15 is 0 Å². The van der Waals surface area contributed by atoms with Crippen molar-refractivity contribution < 1.29 is 69.0 Å². The molecule has 0 aliphatic carbocycles. The molecule has 56 heavy (non-hydrogen) atoms. The van der Waals surface area contributed by atoms with Crippen molar-refractivity contribution in [1.82, 2.24) is 0 Å². The van der Waals surface area contributed by atoms with Crippen LogP contribution in [-0.2, 0) is 33.2 Å². The average Bonchev–Trinajstić information content (AvgIpc) is 3.19. The lowest BCUT2D eigenvalue weighted by molar-refractivity contribution is -0.332. The third-order valence-corrected chi connectivity index (χ3v) is 9.91. The van der Waals surface area contributed by atoms with Crippen LogP contribution in [-0.4, -0.2) is 142 Å². The number of ether oxygens (including phenoxy) is 6. The second-order valence-electron chi connectivity index (χ2n) is 14.8. The number of hydrogen-bond donors (Lipinski definition) is 7. The van der Waals surface area contributed by atoms with E-state index in [1.165, 1.54) is 32.1 Å². The first-order valence-electron chi connectivity index (χ1n) is 21.1. The van der Waals surface area contributed by atoms with Crippen LogP contribution in [0, 0.1) is 0 Å². The highest BCUT2D eigenvalue weighted by molar-refractivity contribution is 5.69. The van der Waals surface area contributed by atoms with E-state index in [0.717, 1.165) is 64.2 Å². The summed E-state index contributed by atoms with van der Waals surface area (Å²) in [6.45, 7) is 3.39. The monoisotopic (exact) mass is 803 g/mol. The molecule has 0 bridgehead atoms. The van der Waals surface area contributed by atoms with Crippen molar-refractivity contribution in [1.29, 1.82) is 0 Å². The van der Waals surface area contributed by atoms with Gasteiger partial charge in [0.05, 0.1) is 26.4 Å². The summed E-state index contributed by atoms with van der Waals surface area (Å²) in [5.74, 6) is -0.399. The summed E-state index contributed by atoms with van der Waals surface area (Å²) in [6.07, 6.45) is 14.4. The quantitative estimate of drug-likeness (QED) is 0.0301. The lowest BCUT2D eigenvalue weighted by atomic mass is 9.98. The van der Waals surface area contributed by atoms with E-state index in [1.807, 2.05) is 0 Å². The first kappa shape index (κ1) is 50.4. The smallest absolute Gasteiger partial charge is 0.306 e. The number of carbonyl (C=O) groups is 1. The SMILES string of the molecule is CC/C=C\C/C=C\C/C=C\CCCCCCCCCCOCC(COC1OC(COC2OC(CO)C(O)C(O)C2O)C(O)C(O)C1O)OC(=O)CCCCCC. The fourth-order valence-electron chi connectivity index (χ4n) is 6.41. The van der Waals surface area contributed by atoms with Crippen molar-refractivity contribution in [2.24, 2.45) is 0 Å². The number of unbranched alkanes of at least 4 members (excludes halogenated alkanes) is 11. The number of rotatable bonds is 31. The molecule has 2 saturated heterocycles. The molecule has 2 rings (SSSR count). The van der Waals surface area contributed by atoms with Crippen LogP contribution in [0.25, 0.3) is 0 Å². The van der Waals surface area contributed by atoms with Crippen molar-refractivity contribution in [3.05, 3.63) is 36.5 Å². The molecule has 11 unspecified atom stereocenters. The summed E-state index contributed by atoms with van der Waals surface area (Å²) in [6, 6.07) is 0. The highest BCUT2D eigenvalue weighted by atomic mass is 16.7. The van der Waals surface area contributed by atoms with Gasteiger partial charge in [0.15, 0.2) is 12.6 Å². The molecule has 0 aromatic carbocycles. The maximum absolute atomic E-state index is 12.6. The molecule has 7 N–H and O–H groups in total. The van der Waals surface area contributed by atoms with Crippen LogP contribution in [0.15, 0.2) is 36.5 Å². The summed E-state index contributed by atoms with van der Waals surface area (Å²) in [4.78, 5) is 12.6. The maximum atomic E-state index is 12.6. The van der Waals surface area contributed by atoms with Crippen LogP contribution in [0.4, 0.5) is 0 Å². The zero-order chi connectivity index (χ0) is 41.0. The van der Waals surface area contributed by atoms with Gasteiger partial charge in [-0.1, -0.05) is 108 Å². The van der Waals surface area contributed by atoms with Gasteiger partial charge < -0.3 is 64.2 Å². The van der Waals surface area contributed by atoms with Gasteiger partial charge in [0.1, 0.15) is 54.9 Å². The van der Waals surface area contributed by atoms with Crippen LogP contribution >= 0.6 is 0 Å². The van der Waals surface area contributed by atoms with Crippen molar-refractivity contribution in [2.75, 3.05) is 33.0 Å². The number of aliphatic hydroxyl groups excluding tert-OH is 7. The minimum absolute atomic E-state index is 0.0549. The lowest BCUT2D eigenvalue weighted by Gasteiger charge is -2.42. The molecule has 14 heteroatoms. The molecule has 0 amide bonds. The van der Waals surface area contributed by atoms with Crippen LogP contribution in [0.3, 0.4) is 0 Å². The van der Waals surface area contributed by atoms with E-state index in [1.54, 1.807) is 0 Å². The Hall–Kier alpha value is -1.79. The van der Waals surface area contributed by atoms with Gasteiger partial charge in [-0.3, -0.25) is 4.79 Å². The summed E-state index contributed by atoms with van der Waals surface area (Å²) in [7, 11) is 0. The third-order valence-electron chi connectivity index (χ3n) is 9.91. The van der Waals surface area contributed by atoms with Gasteiger partial charge in [0.25, 0.3) is 0 Å². The normalized spacial score (nSPS) is 29.2. The highest BCUT2D eigenvalue weighted by Gasteiger charge is 2.47. The number of esters is 1. The predicted octanol–water partition coefficient (Wildman–Crippen LogP) is 3.90. The van der Waals surface area contributed by atoms with Gasteiger partial charge in [-0.05, 0) is 44.9 Å². The van der Waals surface area contributed by atoms with E-state index in [9.17, 15) is 40.5 Å². The van der Waals surface area contributed by atoms with Crippen LogP contribution in [0.2, 0.25) is 0 Å².